The Bertz CT molecular complexity index is 619. The van der Waals surface area contributed by atoms with Gasteiger partial charge in [0, 0.05) is 19.5 Å². The Hall–Kier alpha value is -1.80. The Labute approximate surface area is 148 Å². The Balaban J connectivity index is 0.000000199. The first-order valence-electron chi connectivity index (χ1n) is 9.24. The third kappa shape index (κ3) is 5.38. The molecule has 2 aliphatic rings. The van der Waals surface area contributed by atoms with Crippen molar-refractivity contribution in [1.29, 1.82) is 0 Å². The summed E-state index contributed by atoms with van der Waals surface area (Å²) in [6.07, 6.45) is 1.08. The highest BCUT2D eigenvalue weighted by molar-refractivity contribution is 5.39. The zero-order valence-electron chi connectivity index (χ0n) is 16.2. The SMILES string of the molecule is CC.CC.Cc1ccc2c(c1)OCC2.Cc1cccc2c1CNC2. The molecule has 0 aromatic heterocycles. The van der Waals surface area contributed by atoms with E-state index >= 15 is 0 Å². The molecule has 2 heterocycles. The number of ether oxygens (including phenoxy) is 1. The molecule has 24 heavy (non-hydrogen) atoms. The van der Waals surface area contributed by atoms with Crippen molar-refractivity contribution < 1.29 is 4.74 Å². The van der Waals surface area contributed by atoms with Crippen LogP contribution in [0.2, 0.25) is 0 Å². The molecule has 0 atom stereocenters. The quantitative estimate of drug-likeness (QED) is 0.682. The summed E-state index contributed by atoms with van der Waals surface area (Å²) < 4.78 is 5.38. The summed E-state index contributed by atoms with van der Waals surface area (Å²) in [5.41, 5.74) is 7.02. The Morgan fingerprint density at radius 1 is 0.875 bits per heavy atom. The van der Waals surface area contributed by atoms with Crippen LogP contribution < -0.4 is 10.1 Å². The van der Waals surface area contributed by atoms with Gasteiger partial charge in [0.2, 0.25) is 0 Å². The van der Waals surface area contributed by atoms with Gasteiger partial charge in [0.1, 0.15) is 5.75 Å². The summed E-state index contributed by atoms with van der Waals surface area (Å²) >= 11 is 0. The fourth-order valence-corrected chi connectivity index (χ4v) is 2.78. The van der Waals surface area contributed by atoms with Gasteiger partial charge in [-0.2, -0.15) is 0 Å². The molecule has 0 radical (unpaired) electrons. The summed E-state index contributed by atoms with van der Waals surface area (Å²) in [6, 6.07) is 12.9. The van der Waals surface area contributed by atoms with Crippen LogP contribution in [0, 0.1) is 13.8 Å². The second-order valence-electron chi connectivity index (χ2n) is 5.53. The molecule has 2 aromatic rings. The molecule has 0 saturated carbocycles. The summed E-state index contributed by atoms with van der Waals surface area (Å²) in [4.78, 5) is 0. The standard InChI is InChI=1S/C9H11N.C9H10O.2C2H6/c1-7-3-2-4-8-5-10-6-9(7)8;1-7-2-3-8-4-5-10-9(8)6-7;2*1-2/h2-4,10H,5-6H2,1H3;2-3,6H,4-5H2,1H3;2*1-2H3. The van der Waals surface area contributed by atoms with Crippen LogP contribution >= 0.6 is 0 Å². The molecule has 0 spiro atoms. The van der Waals surface area contributed by atoms with Gasteiger partial charge in [-0.1, -0.05) is 58.0 Å². The van der Waals surface area contributed by atoms with E-state index in [-0.39, 0.29) is 0 Å². The van der Waals surface area contributed by atoms with Gasteiger partial charge in [-0.15, -0.1) is 0 Å². The fraction of sp³-hybridized carbons (Fsp3) is 0.455. The van der Waals surface area contributed by atoms with E-state index in [4.69, 9.17) is 4.74 Å². The molecular formula is C22H33NO. The van der Waals surface area contributed by atoms with Crippen LogP contribution in [0.25, 0.3) is 0 Å². The van der Waals surface area contributed by atoms with E-state index in [9.17, 15) is 0 Å². The highest BCUT2D eigenvalue weighted by Crippen LogP contribution is 2.25. The van der Waals surface area contributed by atoms with Gasteiger partial charge in [-0.05, 0) is 47.7 Å². The lowest BCUT2D eigenvalue weighted by Crippen LogP contribution is -2.00. The Kier molecular flexibility index (Phi) is 9.18. The number of hydrogen-bond acceptors (Lipinski definition) is 2. The molecule has 132 valence electrons. The molecular weight excluding hydrogens is 294 g/mol. The third-order valence-corrected chi connectivity index (χ3v) is 3.98. The van der Waals surface area contributed by atoms with E-state index in [2.05, 4.69) is 55.6 Å². The first kappa shape index (κ1) is 20.2. The average Bonchev–Trinajstić information content (AvgIpc) is 3.28. The molecule has 0 bridgehead atoms. The van der Waals surface area contributed by atoms with Gasteiger partial charge in [0.05, 0.1) is 6.61 Å². The van der Waals surface area contributed by atoms with Gasteiger partial charge in [-0.3, -0.25) is 0 Å². The molecule has 2 aliphatic heterocycles. The molecule has 2 heteroatoms. The molecule has 2 nitrogen and oxygen atoms in total. The number of nitrogens with one attached hydrogen (secondary N) is 1. The lowest BCUT2D eigenvalue weighted by atomic mass is 10.1. The zero-order valence-corrected chi connectivity index (χ0v) is 16.2. The van der Waals surface area contributed by atoms with E-state index in [1.165, 1.54) is 27.8 Å². The van der Waals surface area contributed by atoms with E-state index in [0.717, 1.165) is 31.9 Å². The fourth-order valence-electron chi connectivity index (χ4n) is 2.78. The lowest BCUT2D eigenvalue weighted by Gasteiger charge is -1.99. The maximum absolute atomic E-state index is 5.38. The van der Waals surface area contributed by atoms with Crippen molar-refractivity contribution in [3.8, 4) is 5.75 Å². The van der Waals surface area contributed by atoms with Crippen LogP contribution in [-0.4, -0.2) is 6.61 Å². The minimum absolute atomic E-state index is 0.860. The van der Waals surface area contributed by atoms with E-state index in [0.29, 0.717) is 0 Å². The summed E-state index contributed by atoms with van der Waals surface area (Å²) in [5.74, 6) is 1.08. The van der Waals surface area contributed by atoms with Crippen molar-refractivity contribution in [1.82, 2.24) is 5.32 Å². The molecule has 0 aliphatic carbocycles. The van der Waals surface area contributed by atoms with Crippen molar-refractivity contribution in [3.63, 3.8) is 0 Å². The van der Waals surface area contributed by atoms with Crippen LogP contribution in [0.5, 0.6) is 5.75 Å². The van der Waals surface area contributed by atoms with Crippen LogP contribution in [0.15, 0.2) is 36.4 Å². The van der Waals surface area contributed by atoms with E-state index in [1.807, 2.05) is 27.7 Å². The topological polar surface area (TPSA) is 21.3 Å². The lowest BCUT2D eigenvalue weighted by molar-refractivity contribution is 0.356. The molecule has 0 saturated heterocycles. The maximum Gasteiger partial charge on any atom is 0.122 e. The van der Waals surface area contributed by atoms with Crippen LogP contribution in [0.1, 0.15) is 55.5 Å². The molecule has 4 rings (SSSR count). The molecule has 0 unspecified atom stereocenters. The van der Waals surface area contributed by atoms with Crippen molar-refractivity contribution in [2.45, 2.75) is 61.1 Å². The van der Waals surface area contributed by atoms with Gasteiger partial charge >= 0.3 is 0 Å². The highest BCUT2D eigenvalue weighted by atomic mass is 16.5. The number of hydrogen-bond donors (Lipinski definition) is 1. The average molecular weight is 328 g/mol. The van der Waals surface area contributed by atoms with Crippen molar-refractivity contribution in [2.75, 3.05) is 6.61 Å². The van der Waals surface area contributed by atoms with Crippen molar-refractivity contribution in [2.24, 2.45) is 0 Å². The monoisotopic (exact) mass is 327 g/mol. The normalized spacial score (nSPS) is 12.9. The second kappa shape index (κ2) is 10.9. The van der Waals surface area contributed by atoms with Crippen LogP contribution in [0.3, 0.4) is 0 Å². The number of aryl methyl sites for hydroxylation is 2. The summed E-state index contributed by atoms with van der Waals surface area (Å²) in [6.45, 7) is 15.2. The maximum atomic E-state index is 5.38. The second-order valence-corrected chi connectivity index (χ2v) is 5.53. The van der Waals surface area contributed by atoms with Crippen molar-refractivity contribution in [3.05, 3.63) is 64.2 Å². The third-order valence-electron chi connectivity index (χ3n) is 3.98. The zero-order chi connectivity index (χ0) is 17.9. The predicted octanol–water partition coefficient (Wildman–Crippen LogP) is 5.58. The first-order chi connectivity index (χ1) is 11.7. The number of rotatable bonds is 0. The van der Waals surface area contributed by atoms with Gasteiger partial charge in [0.25, 0.3) is 0 Å². The van der Waals surface area contributed by atoms with Crippen LogP contribution in [-0.2, 0) is 19.5 Å². The Morgan fingerprint density at radius 2 is 1.62 bits per heavy atom. The molecule has 0 fully saturated rings. The minimum Gasteiger partial charge on any atom is -0.493 e. The minimum atomic E-state index is 0.860. The number of benzene rings is 2. The van der Waals surface area contributed by atoms with E-state index < -0.39 is 0 Å². The predicted molar refractivity (Wildman–Crippen MR) is 105 cm³/mol. The van der Waals surface area contributed by atoms with Gasteiger partial charge in [0.15, 0.2) is 0 Å². The molecule has 1 N–H and O–H groups in total. The smallest absolute Gasteiger partial charge is 0.122 e. The van der Waals surface area contributed by atoms with Gasteiger partial charge in [-0.25, -0.2) is 0 Å². The summed E-state index contributed by atoms with van der Waals surface area (Å²) in [7, 11) is 0. The Morgan fingerprint density at radius 3 is 2.33 bits per heavy atom. The highest BCUT2D eigenvalue weighted by Gasteiger charge is 2.10. The van der Waals surface area contributed by atoms with Gasteiger partial charge < -0.3 is 10.1 Å². The number of fused-ring (bicyclic) bond motifs is 2. The van der Waals surface area contributed by atoms with E-state index in [1.54, 1.807) is 0 Å². The van der Waals surface area contributed by atoms with Crippen LogP contribution in [0.4, 0.5) is 0 Å². The molecule has 0 amide bonds. The summed E-state index contributed by atoms with van der Waals surface area (Å²) in [5, 5.41) is 3.33. The van der Waals surface area contributed by atoms with Crippen molar-refractivity contribution >= 4 is 0 Å². The first-order valence-corrected chi connectivity index (χ1v) is 9.24. The largest absolute Gasteiger partial charge is 0.493 e. The molecule has 2 aromatic carbocycles.